The molecule has 1 unspecified atom stereocenters. The van der Waals surface area contributed by atoms with E-state index in [2.05, 4.69) is 15.3 Å². The predicted octanol–water partition coefficient (Wildman–Crippen LogP) is 4.60. The summed E-state index contributed by atoms with van der Waals surface area (Å²) in [6.45, 7) is 2.35. The number of amides is 1. The number of aromatic nitrogens is 2. The topological polar surface area (TPSA) is 93.3 Å². The fraction of sp³-hybridized carbons (Fsp3) is 0.261. The number of carbonyl (C=O) groups excluding carboxylic acids is 1. The Morgan fingerprint density at radius 3 is 2.78 bits per heavy atom. The van der Waals surface area contributed by atoms with Crippen LogP contribution in [-0.4, -0.2) is 29.6 Å². The van der Waals surface area contributed by atoms with Gasteiger partial charge in [0, 0.05) is 23.1 Å². The fourth-order valence-electron chi connectivity index (χ4n) is 3.66. The fourth-order valence-corrected chi connectivity index (χ4v) is 4.68. The van der Waals surface area contributed by atoms with E-state index >= 15 is 0 Å². The molecule has 0 fully saturated rings. The van der Waals surface area contributed by atoms with Crippen LogP contribution in [0.25, 0.3) is 0 Å². The van der Waals surface area contributed by atoms with Crippen LogP contribution in [0, 0.1) is 0 Å². The Labute approximate surface area is 194 Å². The highest BCUT2D eigenvalue weighted by atomic mass is 35.5. The number of hydrogen-bond acceptors (Lipinski definition) is 6. The molecule has 0 bridgehead atoms. The second kappa shape index (κ2) is 9.67. The Balaban J connectivity index is 1.66. The molecule has 4 rings (SSSR count). The van der Waals surface area contributed by atoms with Gasteiger partial charge in [0.15, 0.2) is 16.7 Å². The SMILES string of the molecule is CCOc1cc(C2CC(=O)Nc3nc(SCc4cccc(Cl)c4)[nH]c(=O)c32)ccc1OC. The monoisotopic (exact) mass is 471 g/mol. The number of methoxy groups -OCH3 is 1. The molecule has 7 nitrogen and oxygen atoms in total. The summed E-state index contributed by atoms with van der Waals surface area (Å²) in [5, 5.41) is 3.83. The molecule has 0 radical (unpaired) electrons. The zero-order chi connectivity index (χ0) is 22.7. The van der Waals surface area contributed by atoms with Crippen LogP contribution in [0.15, 0.2) is 52.4 Å². The largest absolute Gasteiger partial charge is 0.493 e. The first-order chi connectivity index (χ1) is 15.5. The molecule has 1 aliphatic rings. The van der Waals surface area contributed by atoms with E-state index in [-0.39, 0.29) is 23.7 Å². The van der Waals surface area contributed by atoms with Crippen molar-refractivity contribution in [2.45, 2.75) is 30.2 Å². The molecule has 9 heteroatoms. The number of rotatable bonds is 7. The summed E-state index contributed by atoms with van der Waals surface area (Å²) in [4.78, 5) is 32.8. The van der Waals surface area contributed by atoms with Gasteiger partial charge >= 0.3 is 0 Å². The first-order valence-electron chi connectivity index (χ1n) is 10.1. The van der Waals surface area contributed by atoms with Gasteiger partial charge in [-0.1, -0.05) is 41.6 Å². The molecule has 1 aromatic heterocycles. The van der Waals surface area contributed by atoms with Crippen LogP contribution in [0.1, 0.15) is 36.0 Å². The second-order valence-corrected chi connectivity index (χ2v) is 8.60. The molecule has 0 saturated heterocycles. The Morgan fingerprint density at radius 2 is 2.03 bits per heavy atom. The van der Waals surface area contributed by atoms with Crippen LogP contribution in [0.5, 0.6) is 11.5 Å². The third-order valence-electron chi connectivity index (χ3n) is 5.08. The average Bonchev–Trinajstić information content (AvgIpc) is 2.77. The van der Waals surface area contributed by atoms with Crippen molar-refractivity contribution in [2.24, 2.45) is 0 Å². The molecule has 2 N–H and O–H groups in total. The Hall–Kier alpha value is -2.97. The lowest BCUT2D eigenvalue weighted by Crippen LogP contribution is -2.31. The van der Waals surface area contributed by atoms with Gasteiger partial charge in [-0.15, -0.1) is 0 Å². The number of hydrogen-bond donors (Lipinski definition) is 2. The van der Waals surface area contributed by atoms with Gasteiger partial charge in [0.1, 0.15) is 5.82 Å². The minimum absolute atomic E-state index is 0.144. The van der Waals surface area contributed by atoms with E-state index in [4.69, 9.17) is 21.1 Å². The molecule has 2 heterocycles. The molecule has 0 aliphatic carbocycles. The van der Waals surface area contributed by atoms with Gasteiger partial charge in [0.2, 0.25) is 5.91 Å². The van der Waals surface area contributed by atoms with Crippen molar-refractivity contribution in [3.8, 4) is 11.5 Å². The molecule has 3 aromatic rings. The van der Waals surface area contributed by atoms with Crippen molar-refractivity contribution < 1.29 is 14.3 Å². The van der Waals surface area contributed by atoms with Crippen LogP contribution in [0.4, 0.5) is 5.82 Å². The summed E-state index contributed by atoms with van der Waals surface area (Å²) in [5.41, 5.74) is 1.95. The van der Waals surface area contributed by atoms with Gasteiger partial charge in [0.05, 0.1) is 19.3 Å². The second-order valence-electron chi connectivity index (χ2n) is 7.20. The van der Waals surface area contributed by atoms with E-state index in [9.17, 15) is 9.59 Å². The van der Waals surface area contributed by atoms with Gasteiger partial charge in [-0.05, 0) is 42.3 Å². The zero-order valence-electron chi connectivity index (χ0n) is 17.6. The van der Waals surface area contributed by atoms with Crippen molar-refractivity contribution in [1.82, 2.24) is 9.97 Å². The highest BCUT2D eigenvalue weighted by molar-refractivity contribution is 7.98. The molecule has 1 aliphatic heterocycles. The Kier molecular flexibility index (Phi) is 6.72. The number of fused-ring (bicyclic) bond motifs is 1. The van der Waals surface area contributed by atoms with Crippen LogP contribution < -0.4 is 20.3 Å². The zero-order valence-corrected chi connectivity index (χ0v) is 19.2. The molecular formula is C23H22ClN3O4S. The maximum atomic E-state index is 13.0. The maximum Gasteiger partial charge on any atom is 0.257 e. The van der Waals surface area contributed by atoms with E-state index in [0.29, 0.717) is 39.6 Å². The summed E-state index contributed by atoms with van der Waals surface area (Å²) >= 11 is 7.41. The van der Waals surface area contributed by atoms with E-state index in [1.807, 2.05) is 37.3 Å². The molecular weight excluding hydrogens is 450 g/mol. The van der Waals surface area contributed by atoms with Crippen molar-refractivity contribution in [3.63, 3.8) is 0 Å². The number of H-pyrrole nitrogens is 1. The predicted molar refractivity (Wildman–Crippen MR) is 125 cm³/mol. The lowest BCUT2D eigenvalue weighted by atomic mass is 9.86. The highest BCUT2D eigenvalue weighted by Gasteiger charge is 2.31. The first-order valence-corrected chi connectivity index (χ1v) is 11.5. The van der Waals surface area contributed by atoms with Crippen molar-refractivity contribution in [3.05, 3.63) is 74.5 Å². The lowest BCUT2D eigenvalue weighted by molar-refractivity contribution is -0.116. The minimum Gasteiger partial charge on any atom is -0.493 e. The van der Waals surface area contributed by atoms with Crippen LogP contribution in [0.2, 0.25) is 5.02 Å². The molecule has 1 atom stereocenters. The third-order valence-corrected chi connectivity index (χ3v) is 6.26. The van der Waals surface area contributed by atoms with Gasteiger partial charge in [0.25, 0.3) is 5.56 Å². The number of carbonyl (C=O) groups is 1. The maximum absolute atomic E-state index is 13.0. The summed E-state index contributed by atoms with van der Waals surface area (Å²) < 4.78 is 11.0. The standard InChI is InChI=1S/C23H22ClN3O4S/c1-3-31-18-10-14(7-8-17(18)30-2)16-11-19(28)25-21-20(16)22(29)27-23(26-21)32-12-13-5-4-6-15(24)9-13/h4-10,16H,3,11-12H2,1-2H3,(H2,25,26,27,28,29). The van der Waals surface area contributed by atoms with E-state index < -0.39 is 5.92 Å². The number of ether oxygens (including phenoxy) is 2. The van der Waals surface area contributed by atoms with E-state index in [1.165, 1.54) is 11.8 Å². The lowest BCUT2D eigenvalue weighted by Gasteiger charge is -2.25. The van der Waals surface area contributed by atoms with Crippen LogP contribution in [0.3, 0.4) is 0 Å². The normalized spacial score (nSPS) is 15.1. The molecule has 0 saturated carbocycles. The number of anilines is 1. The van der Waals surface area contributed by atoms with Crippen molar-refractivity contribution in [1.29, 1.82) is 0 Å². The van der Waals surface area contributed by atoms with Gasteiger partial charge in [-0.2, -0.15) is 0 Å². The summed E-state index contributed by atoms with van der Waals surface area (Å²) in [5.74, 6) is 1.40. The van der Waals surface area contributed by atoms with Gasteiger partial charge in [-0.25, -0.2) is 4.98 Å². The number of thioether (sulfide) groups is 1. The number of nitrogens with one attached hydrogen (secondary N) is 2. The summed E-state index contributed by atoms with van der Waals surface area (Å²) in [6.07, 6.45) is 0.144. The number of benzene rings is 2. The highest BCUT2D eigenvalue weighted by Crippen LogP contribution is 2.38. The van der Waals surface area contributed by atoms with Crippen molar-refractivity contribution in [2.75, 3.05) is 19.0 Å². The minimum atomic E-state index is -0.438. The van der Waals surface area contributed by atoms with Gasteiger partial charge < -0.3 is 19.8 Å². The molecule has 166 valence electrons. The van der Waals surface area contributed by atoms with Crippen LogP contribution in [-0.2, 0) is 10.5 Å². The van der Waals surface area contributed by atoms with Gasteiger partial charge in [-0.3, -0.25) is 9.59 Å². The molecule has 1 amide bonds. The number of halogens is 1. The third kappa shape index (κ3) is 4.76. The van der Waals surface area contributed by atoms with E-state index in [1.54, 1.807) is 19.2 Å². The first kappa shape index (κ1) is 22.2. The Bertz CT molecular complexity index is 1210. The number of nitrogens with zero attached hydrogens (tertiary/aromatic N) is 1. The molecule has 0 spiro atoms. The summed E-state index contributed by atoms with van der Waals surface area (Å²) in [7, 11) is 1.57. The molecule has 32 heavy (non-hydrogen) atoms. The van der Waals surface area contributed by atoms with Crippen molar-refractivity contribution >= 4 is 35.1 Å². The van der Waals surface area contributed by atoms with E-state index in [0.717, 1.165) is 11.1 Å². The summed E-state index contributed by atoms with van der Waals surface area (Å²) in [6, 6.07) is 12.9. The molecule has 2 aromatic carbocycles. The smallest absolute Gasteiger partial charge is 0.257 e. The average molecular weight is 472 g/mol. The Morgan fingerprint density at radius 1 is 1.19 bits per heavy atom. The number of aromatic amines is 1. The van der Waals surface area contributed by atoms with Crippen LogP contribution >= 0.6 is 23.4 Å². The quantitative estimate of drug-likeness (QED) is 0.386.